The quantitative estimate of drug-likeness (QED) is 0.651. The summed E-state index contributed by atoms with van der Waals surface area (Å²) in [6.07, 6.45) is 3.40. The topological polar surface area (TPSA) is 79.0 Å². The van der Waals surface area contributed by atoms with Crippen LogP contribution in [0.5, 0.6) is 0 Å². The van der Waals surface area contributed by atoms with Crippen molar-refractivity contribution in [1.29, 1.82) is 0 Å². The lowest BCUT2D eigenvalue weighted by atomic mass is 10.2. The third-order valence-electron chi connectivity index (χ3n) is 2.53. The molecule has 0 saturated carbocycles. The lowest BCUT2D eigenvalue weighted by Crippen LogP contribution is -2.51. The summed E-state index contributed by atoms with van der Waals surface area (Å²) < 4.78 is 5.23. The average Bonchev–Trinajstić information content (AvgIpc) is 2.83. The summed E-state index contributed by atoms with van der Waals surface area (Å²) in [7, 11) is 0. The van der Waals surface area contributed by atoms with E-state index in [2.05, 4.69) is 20.6 Å². The third kappa shape index (κ3) is 2.59. The first-order valence-corrected chi connectivity index (χ1v) is 5.38. The second-order valence-electron chi connectivity index (χ2n) is 3.79. The minimum atomic E-state index is -0.258. The average molecular weight is 224 g/mol. The highest BCUT2D eigenvalue weighted by Crippen LogP contribution is 2.05. The van der Waals surface area contributed by atoms with Gasteiger partial charge in [-0.15, -0.1) is 0 Å². The largest absolute Gasteiger partial charge is 0.378 e. The molecule has 0 radical (unpaired) electrons. The summed E-state index contributed by atoms with van der Waals surface area (Å²) in [5.74, 6) is 0.702. The van der Waals surface area contributed by atoms with Gasteiger partial charge >= 0.3 is 0 Å². The summed E-state index contributed by atoms with van der Waals surface area (Å²) >= 11 is 0. The van der Waals surface area contributed by atoms with Crippen molar-refractivity contribution in [3.05, 3.63) is 18.2 Å². The Kier molecular flexibility index (Phi) is 3.53. The molecule has 0 spiro atoms. The molecule has 2 unspecified atom stereocenters. The fourth-order valence-corrected chi connectivity index (χ4v) is 1.63. The summed E-state index contributed by atoms with van der Waals surface area (Å²) in [6, 6.07) is -0.377. The number of nitrogens with one attached hydrogen (secondary N) is 3. The Bertz CT molecular complexity index is 333. The molecule has 16 heavy (non-hydrogen) atoms. The van der Waals surface area contributed by atoms with Crippen molar-refractivity contribution in [2.75, 3.05) is 19.8 Å². The van der Waals surface area contributed by atoms with Gasteiger partial charge in [0.15, 0.2) is 0 Å². The zero-order chi connectivity index (χ0) is 11.4. The lowest BCUT2D eigenvalue weighted by molar-refractivity contribution is -0.126. The van der Waals surface area contributed by atoms with E-state index in [1.165, 1.54) is 0 Å². The van der Waals surface area contributed by atoms with Gasteiger partial charge in [0.1, 0.15) is 11.9 Å². The van der Waals surface area contributed by atoms with Crippen molar-refractivity contribution in [3.63, 3.8) is 0 Å². The summed E-state index contributed by atoms with van der Waals surface area (Å²) in [6.45, 7) is 3.70. The van der Waals surface area contributed by atoms with Gasteiger partial charge in [0.25, 0.3) is 0 Å². The number of hydrogen-bond donors (Lipinski definition) is 3. The van der Waals surface area contributed by atoms with Crippen LogP contribution in [0.3, 0.4) is 0 Å². The zero-order valence-electron chi connectivity index (χ0n) is 9.19. The maximum atomic E-state index is 11.8. The van der Waals surface area contributed by atoms with Crippen molar-refractivity contribution >= 4 is 5.91 Å². The number of carbonyl (C=O) groups excluding carboxylic acids is 1. The van der Waals surface area contributed by atoms with Gasteiger partial charge in [-0.05, 0) is 6.92 Å². The highest BCUT2D eigenvalue weighted by Gasteiger charge is 2.23. The van der Waals surface area contributed by atoms with Gasteiger partial charge in [0.05, 0.1) is 19.3 Å². The molecule has 0 bridgehead atoms. The summed E-state index contributed by atoms with van der Waals surface area (Å²) in [5, 5.41) is 5.98. The molecule has 2 atom stereocenters. The zero-order valence-corrected chi connectivity index (χ0v) is 9.19. The standard InChI is InChI=1S/C10H16N4O2/c1-7(9-12-2-3-13-9)14-10(15)8-6-16-5-4-11-8/h2-3,7-8,11H,4-6H2,1H3,(H,12,13)(H,14,15). The van der Waals surface area contributed by atoms with E-state index in [1.807, 2.05) is 6.92 Å². The monoisotopic (exact) mass is 224 g/mol. The minimum Gasteiger partial charge on any atom is -0.378 e. The smallest absolute Gasteiger partial charge is 0.240 e. The first-order valence-electron chi connectivity index (χ1n) is 5.38. The number of amides is 1. The van der Waals surface area contributed by atoms with Gasteiger partial charge in [0.2, 0.25) is 5.91 Å². The number of aromatic amines is 1. The van der Waals surface area contributed by atoms with Crippen LogP contribution in [0.15, 0.2) is 12.4 Å². The van der Waals surface area contributed by atoms with Crippen LogP contribution in [0.1, 0.15) is 18.8 Å². The molecule has 2 heterocycles. The first kappa shape index (κ1) is 11.1. The molecule has 0 aliphatic carbocycles. The number of ether oxygens (including phenoxy) is 1. The van der Waals surface area contributed by atoms with Crippen LogP contribution < -0.4 is 10.6 Å². The van der Waals surface area contributed by atoms with Crippen molar-refractivity contribution in [1.82, 2.24) is 20.6 Å². The van der Waals surface area contributed by atoms with Gasteiger partial charge in [-0.2, -0.15) is 0 Å². The van der Waals surface area contributed by atoms with Crippen molar-refractivity contribution < 1.29 is 9.53 Å². The van der Waals surface area contributed by atoms with E-state index in [0.29, 0.717) is 19.8 Å². The Hall–Kier alpha value is -1.40. The van der Waals surface area contributed by atoms with Crippen LogP contribution in [0.25, 0.3) is 0 Å². The first-order chi connectivity index (χ1) is 7.77. The molecule has 0 aromatic carbocycles. The van der Waals surface area contributed by atoms with E-state index in [1.54, 1.807) is 12.4 Å². The van der Waals surface area contributed by atoms with Crippen molar-refractivity contribution in [2.45, 2.75) is 19.0 Å². The number of hydrogen-bond acceptors (Lipinski definition) is 4. The van der Waals surface area contributed by atoms with Crippen LogP contribution in [0, 0.1) is 0 Å². The van der Waals surface area contributed by atoms with Crippen LogP contribution in [0.4, 0.5) is 0 Å². The molecule has 1 amide bonds. The number of morpholine rings is 1. The predicted octanol–water partition coefficient (Wildman–Crippen LogP) is -0.425. The van der Waals surface area contributed by atoms with E-state index in [0.717, 1.165) is 5.82 Å². The molecule has 1 saturated heterocycles. The van der Waals surface area contributed by atoms with Crippen LogP contribution >= 0.6 is 0 Å². The number of H-pyrrole nitrogens is 1. The molecule has 2 rings (SSSR count). The Morgan fingerprint density at radius 2 is 2.62 bits per heavy atom. The summed E-state index contributed by atoms with van der Waals surface area (Å²) in [4.78, 5) is 18.9. The lowest BCUT2D eigenvalue weighted by Gasteiger charge is -2.24. The van der Waals surface area contributed by atoms with Crippen LogP contribution in [-0.2, 0) is 9.53 Å². The third-order valence-corrected chi connectivity index (χ3v) is 2.53. The molecule has 6 heteroatoms. The Morgan fingerprint density at radius 1 is 1.75 bits per heavy atom. The van der Waals surface area contributed by atoms with E-state index >= 15 is 0 Å². The van der Waals surface area contributed by atoms with Gasteiger partial charge in [-0.3, -0.25) is 4.79 Å². The molecule has 3 N–H and O–H groups in total. The molecular weight excluding hydrogens is 208 g/mol. The predicted molar refractivity (Wildman–Crippen MR) is 57.8 cm³/mol. The maximum absolute atomic E-state index is 11.8. The molecular formula is C10H16N4O2. The molecule has 1 aromatic rings. The number of rotatable bonds is 3. The van der Waals surface area contributed by atoms with Crippen LogP contribution in [0.2, 0.25) is 0 Å². The Balaban J connectivity index is 1.86. The fourth-order valence-electron chi connectivity index (χ4n) is 1.63. The SMILES string of the molecule is CC(NC(=O)C1COCCN1)c1ncc[nH]1. The molecule has 1 aliphatic rings. The second kappa shape index (κ2) is 5.09. The fraction of sp³-hybridized carbons (Fsp3) is 0.600. The number of nitrogens with zero attached hydrogens (tertiary/aromatic N) is 1. The van der Waals surface area contributed by atoms with Gasteiger partial charge < -0.3 is 20.4 Å². The van der Waals surface area contributed by atoms with E-state index < -0.39 is 0 Å². The number of carbonyl (C=O) groups is 1. The van der Waals surface area contributed by atoms with E-state index in [9.17, 15) is 4.79 Å². The number of aromatic nitrogens is 2. The normalized spacial score (nSPS) is 22.7. The van der Waals surface area contributed by atoms with E-state index in [4.69, 9.17) is 4.74 Å². The van der Waals surface area contributed by atoms with Crippen LogP contribution in [-0.4, -0.2) is 41.7 Å². The molecule has 1 aliphatic heterocycles. The summed E-state index contributed by atoms with van der Waals surface area (Å²) in [5.41, 5.74) is 0. The maximum Gasteiger partial charge on any atom is 0.240 e. The Morgan fingerprint density at radius 3 is 3.25 bits per heavy atom. The van der Waals surface area contributed by atoms with E-state index in [-0.39, 0.29) is 18.0 Å². The van der Waals surface area contributed by atoms with Gasteiger partial charge in [0, 0.05) is 18.9 Å². The molecule has 1 fully saturated rings. The van der Waals surface area contributed by atoms with Gasteiger partial charge in [-0.25, -0.2) is 4.98 Å². The van der Waals surface area contributed by atoms with Crippen molar-refractivity contribution in [3.8, 4) is 0 Å². The molecule has 6 nitrogen and oxygen atoms in total. The second-order valence-corrected chi connectivity index (χ2v) is 3.79. The van der Waals surface area contributed by atoms with Crippen molar-refractivity contribution in [2.24, 2.45) is 0 Å². The molecule has 1 aromatic heterocycles. The van der Waals surface area contributed by atoms with Gasteiger partial charge in [-0.1, -0.05) is 0 Å². The highest BCUT2D eigenvalue weighted by atomic mass is 16.5. The molecule has 88 valence electrons. The Labute approximate surface area is 93.8 Å². The number of imidazole rings is 1. The minimum absolute atomic E-state index is 0.0522. The highest BCUT2D eigenvalue weighted by molar-refractivity contribution is 5.82.